The third kappa shape index (κ3) is 8.99. The fourth-order valence-electron chi connectivity index (χ4n) is 4.43. The average molecular weight is 599 g/mol. The molecule has 5 N–H and O–H groups in total. The molecule has 2 aliphatic rings. The van der Waals surface area contributed by atoms with Crippen molar-refractivity contribution in [1.29, 1.82) is 0 Å². The van der Waals surface area contributed by atoms with Crippen molar-refractivity contribution in [1.82, 2.24) is 20.2 Å². The maximum Gasteiger partial charge on any atom is 0.271 e. The fourth-order valence-corrected chi connectivity index (χ4v) is 4.43. The predicted molar refractivity (Wildman–Crippen MR) is 144 cm³/mol. The van der Waals surface area contributed by atoms with Gasteiger partial charge in [-0.1, -0.05) is 12.1 Å². The number of carbonyl (C=O) groups excluding carboxylic acids is 3. The van der Waals surface area contributed by atoms with Crippen molar-refractivity contribution in [3.8, 4) is 0 Å². The normalized spacial score (nSPS) is 18.2. The average Bonchev–Trinajstić information content (AvgIpc) is 2.85. The van der Waals surface area contributed by atoms with E-state index in [9.17, 15) is 14.4 Å². The van der Waals surface area contributed by atoms with E-state index in [1.807, 2.05) is 43.3 Å². The van der Waals surface area contributed by atoms with Crippen LogP contribution in [0.5, 0.6) is 0 Å². The van der Waals surface area contributed by atoms with Crippen molar-refractivity contribution in [3.05, 3.63) is 47.5 Å². The number of rotatable bonds is 10. The van der Waals surface area contributed by atoms with E-state index >= 15 is 0 Å². The van der Waals surface area contributed by atoms with E-state index < -0.39 is 11.8 Å². The van der Waals surface area contributed by atoms with Gasteiger partial charge in [-0.25, -0.2) is 9.97 Å². The zero-order valence-electron chi connectivity index (χ0n) is 22.2. The minimum Gasteiger partial charge on any atom is -0.668 e. The molecule has 2 atom stereocenters. The molecule has 2 aromatic rings. The van der Waals surface area contributed by atoms with Gasteiger partial charge in [0.25, 0.3) is 5.91 Å². The number of nitrogens with one attached hydrogen (secondary N) is 3. The largest absolute Gasteiger partial charge is 0.668 e. The van der Waals surface area contributed by atoms with Crippen LogP contribution in [-0.2, 0) is 42.3 Å². The molecule has 1 radical (unpaired) electrons. The number of aromatic nitrogens is 2. The number of hydrogen-bond donors (Lipinski definition) is 3. The molecule has 38 heavy (non-hydrogen) atoms. The molecule has 1 saturated heterocycles. The van der Waals surface area contributed by atoms with Gasteiger partial charge in [-0.15, -0.1) is 0 Å². The molecule has 1 saturated carbocycles. The summed E-state index contributed by atoms with van der Waals surface area (Å²) in [7, 11) is 3.93. The van der Waals surface area contributed by atoms with E-state index in [4.69, 9.17) is 11.5 Å². The minimum absolute atomic E-state index is 0. The van der Waals surface area contributed by atoms with Gasteiger partial charge < -0.3 is 36.7 Å². The van der Waals surface area contributed by atoms with Crippen LogP contribution in [0.3, 0.4) is 0 Å². The number of hydrogen-bond acceptors (Lipinski definition) is 8. The van der Waals surface area contributed by atoms with Crippen molar-refractivity contribution in [2.75, 3.05) is 50.5 Å². The molecule has 12 heteroatoms. The molecular weight excluding hydrogens is 561 g/mol. The number of nitrogens with zero attached hydrogens (tertiary/aromatic N) is 4. The molecule has 203 valence electrons. The molecule has 0 bridgehead atoms. The fraction of sp³-hybridized carbons (Fsp3) is 0.500. The molecule has 11 nitrogen and oxygen atoms in total. The molecule has 2 heterocycles. The first kappa shape index (κ1) is 31.6. The van der Waals surface area contributed by atoms with E-state index in [0.717, 1.165) is 68.9 Å². The molecule has 2 fully saturated rings. The van der Waals surface area contributed by atoms with E-state index in [1.165, 1.54) is 6.42 Å². The van der Waals surface area contributed by atoms with Gasteiger partial charge in [0.2, 0.25) is 6.41 Å². The number of carbonyl (C=O) groups is 3. The quantitative estimate of drug-likeness (QED) is 0.278. The van der Waals surface area contributed by atoms with Crippen molar-refractivity contribution in [3.63, 3.8) is 0 Å². The second-order valence-corrected chi connectivity index (χ2v) is 9.61. The number of anilines is 3. The first-order chi connectivity index (χ1) is 17.8. The van der Waals surface area contributed by atoms with E-state index in [0.29, 0.717) is 12.2 Å². The van der Waals surface area contributed by atoms with Crippen molar-refractivity contribution < 1.29 is 47.1 Å². The Labute approximate surface area is 249 Å². The van der Waals surface area contributed by atoms with E-state index in [1.54, 1.807) is 6.20 Å². The van der Waals surface area contributed by atoms with Gasteiger partial charge in [0.15, 0.2) is 11.5 Å². The van der Waals surface area contributed by atoms with Crippen molar-refractivity contribution in [2.45, 2.75) is 38.0 Å². The van der Waals surface area contributed by atoms with Crippen LogP contribution in [0.4, 0.5) is 17.3 Å². The summed E-state index contributed by atoms with van der Waals surface area (Å²) in [4.78, 5) is 45.9. The smallest absolute Gasteiger partial charge is 0.271 e. The number of primary amides is 1. The maximum absolute atomic E-state index is 11.8. The summed E-state index contributed by atoms with van der Waals surface area (Å²) >= 11 is 0. The molecule has 3 amide bonds. The van der Waals surface area contributed by atoms with Crippen LogP contribution in [0.1, 0.15) is 54.1 Å². The summed E-state index contributed by atoms with van der Waals surface area (Å²) in [5, 5.41) is 5.72. The molecule has 4 rings (SSSR count). The van der Waals surface area contributed by atoms with Crippen LogP contribution in [0, 0.1) is 5.92 Å². The van der Waals surface area contributed by atoms with Gasteiger partial charge in [0, 0.05) is 70.5 Å². The molecule has 1 aliphatic heterocycles. The van der Waals surface area contributed by atoms with Crippen LogP contribution < -0.4 is 21.3 Å². The van der Waals surface area contributed by atoms with Gasteiger partial charge in [0.05, 0.1) is 12.1 Å². The van der Waals surface area contributed by atoms with Crippen LogP contribution in [0.2, 0.25) is 0 Å². The number of amides is 3. The minimum atomic E-state index is -0.631. The molecule has 0 spiro atoms. The van der Waals surface area contributed by atoms with E-state index in [-0.39, 0.29) is 50.2 Å². The maximum atomic E-state index is 11.8. The molecule has 1 aliphatic carbocycles. The van der Waals surface area contributed by atoms with Gasteiger partial charge in [-0.05, 0) is 69.8 Å². The first-order valence-corrected chi connectivity index (χ1v) is 12.7. The number of piperidine rings is 1. The van der Waals surface area contributed by atoms with E-state index in [2.05, 4.69) is 25.5 Å². The Kier molecular flexibility index (Phi) is 13.1. The summed E-state index contributed by atoms with van der Waals surface area (Å²) in [6, 6.07) is 7.68. The second-order valence-electron chi connectivity index (χ2n) is 9.61. The predicted octanol–water partition coefficient (Wildman–Crippen LogP) is 2.67. The Bertz CT molecular complexity index is 1060. The molecule has 1 aromatic carbocycles. The van der Waals surface area contributed by atoms with Crippen LogP contribution >= 0.6 is 0 Å². The summed E-state index contributed by atoms with van der Waals surface area (Å²) in [6.45, 7) is 3.49. The standard InChI is InChI=1S/C21H26N6O2.C5H12N2O.Y/c22-19(28)16-9-8-15(16)13-4-6-14(7-5-13)25-21-18(20(23)29)24-12-17(26-21)27-10-2-1-3-11-27;1-7(2)4-3-6-5-8;/h4-7,12,15-16H,1-3,8-11H2,(H5,22,23,25,26,28,29);5H,3-4H2,1-2H3,(H,6,8);/p-1. The first-order valence-electron chi connectivity index (χ1n) is 12.7. The Morgan fingerprint density at radius 1 is 1.16 bits per heavy atom. The third-order valence-electron chi connectivity index (χ3n) is 6.67. The zero-order chi connectivity index (χ0) is 26.8. The van der Waals surface area contributed by atoms with Crippen molar-refractivity contribution >= 4 is 35.5 Å². The Hall–Kier alpha value is -2.63. The summed E-state index contributed by atoms with van der Waals surface area (Å²) in [5.41, 5.74) is 14.8. The molecule has 2 unspecified atom stereocenters. The SMILES string of the molecule is CN(C)CCNC=O.[NH-]C(=O)C1CCC1c1ccc(Nc2nc(N3CCCCC3)cnc2C(N)=O)cc1.[Y]. The number of likely N-dealkylation sites (N-methyl/N-ethyl adjacent to an activating group) is 1. The van der Waals surface area contributed by atoms with Gasteiger partial charge in [0.1, 0.15) is 5.82 Å². The summed E-state index contributed by atoms with van der Waals surface area (Å²) in [6.07, 6.45) is 7.48. The third-order valence-corrected chi connectivity index (χ3v) is 6.67. The van der Waals surface area contributed by atoms with Gasteiger partial charge >= 0.3 is 0 Å². The zero-order valence-corrected chi connectivity index (χ0v) is 25.0. The molecule has 1 aromatic heterocycles. The monoisotopic (exact) mass is 598 g/mol. The second kappa shape index (κ2) is 15.7. The van der Waals surface area contributed by atoms with Crippen molar-refractivity contribution in [2.24, 2.45) is 11.7 Å². The molecular formula is C26H37N8O3Y-. The van der Waals surface area contributed by atoms with Gasteiger partial charge in [-0.3, -0.25) is 9.59 Å². The number of benzene rings is 1. The Morgan fingerprint density at radius 2 is 1.84 bits per heavy atom. The van der Waals surface area contributed by atoms with Crippen LogP contribution in [-0.4, -0.2) is 73.4 Å². The number of nitrogens with two attached hydrogens (primary N) is 1. The summed E-state index contributed by atoms with van der Waals surface area (Å²) < 4.78 is 0. The summed E-state index contributed by atoms with van der Waals surface area (Å²) in [5.74, 6) is -0.108. The van der Waals surface area contributed by atoms with Crippen LogP contribution in [0.15, 0.2) is 30.5 Å². The Morgan fingerprint density at radius 3 is 2.37 bits per heavy atom. The van der Waals surface area contributed by atoms with Gasteiger partial charge in [-0.2, -0.15) is 0 Å². The topological polar surface area (TPSA) is 157 Å². The Balaban J connectivity index is 0.000000493. The van der Waals surface area contributed by atoms with Crippen LogP contribution in [0.25, 0.3) is 5.73 Å².